The van der Waals surface area contributed by atoms with Crippen LogP contribution in [0, 0.1) is 0 Å². The molecule has 5 nitrogen and oxygen atoms in total. The van der Waals surface area contributed by atoms with E-state index in [4.69, 9.17) is 14.2 Å². The van der Waals surface area contributed by atoms with Crippen LogP contribution < -0.4 is 5.32 Å². The van der Waals surface area contributed by atoms with Crippen molar-refractivity contribution in [3.63, 3.8) is 0 Å². The maximum Gasteiger partial charge on any atom is 0.0701 e. The number of rotatable bonds is 9. The lowest BCUT2D eigenvalue weighted by molar-refractivity contribution is 0.00178. The van der Waals surface area contributed by atoms with Gasteiger partial charge in [-0.2, -0.15) is 0 Å². The standard InChI is InChI=1S/C14H30N2O3/c1-13-11-16(14(2,3)12-15-13)5-6-18-9-10-19-8-7-17-4/h13,15H,5-12H2,1-4H3. The van der Waals surface area contributed by atoms with Crippen LogP contribution in [0.2, 0.25) is 0 Å². The van der Waals surface area contributed by atoms with Gasteiger partial charge in [-0.25, -0.2) is 0 Å². The summed E-state index contributed by atoms with van der Waals surface area (Å²) in [7, 11) is 1.68. The average Bonchev–Trinajstić information content (AvgIpc) is 2.37. The molecule has 19 heavy (non-hydrogen) atoms. The van der Waals surface area contributed by atoms with E-state index < -0.39 is 0 Å². The van der Waals surface area contributed by atoms with Crippen LogP contribution in [0.3, 0.4) is 0 Å². The molecule has 0 aromatic heterocycles. The molecule has 0 aromatic rings. The van der Waals surface area contributed by atoms with Gasteiger partial charge < -0.3 is 19.5 Å². The molecule has 0 amide bonds. The third kappa shape index (κ3) is 6.68. The molecule has 1 fully saturated rings. The highest BCUT2D eigenvalue weighted by atomic mass is 16.5. The lowest BCUT2D eigenvalue weighted by atomic mass is 9.98. The largest absolute Gasteiger partial charge is 0.382 e. The lowest BCUT2D eigenvalue weighted by Crippen LogP contribution is -2.61. The molecule has 1 rings (SSSR count). The monoisotopic (exact) mass is 274 g/mol. The van der Waals surface area contributed by atoms with Crippen LogP contribution in [0.4, 0.5) is 0 Å². The van der Waals surface area contributed by atoms with E-state index in [2.05, 4.69) is 31.0 Å². The predicted octanol–water partition coefficient (Wildman–Crippen LogP) is 0.738. The molecule has 0 bridgehead atoms. The van der Waals surface area contributed by atoms with Gasteiger partial charge in [0.25, 0.3) is 0 Å². The van der Waals surface area contributed by atoms with Gasteiger partial charge in [0, 0.05) is 38.3 Å². The average molecular weight is 274 g/mol. The maximum absolute atomic E-state index is 5.62. The van der Waals surface area contributed by atoms with Crippen LogP contribution in [0.1, 0.15) is 20.8 Å². The molecule has 114 valence electrons. The molecule has 0 aromatic carbocycles. The van der Waals surface area contributed by atoms with Gasteiger partial charge in [0.05, 0.1) is 33.0 Å². The molecule has 1 aliphatic heterocycles. The van der Waals surface area contributed by atoms with Crippen molar-refractivity contribution in [2.75, 3.05) is 59.8 Å². The number of hydrogen-bond donors (Lipinski definition) is 1. The van der Waals surface area contributed by atoms with Crippen LogP contribution in [0.25, 0.3) is 0 Å². The summed E-state index contributed by atoms with van der Waals surface area (Å²) in [5.41, 5.74) is 0.213. The van der Waals surface area contributed by atoms with E-state index in [1.165, 1.54) is 0 Å². The van der Waals surface area contributed by atoms with E-state index in [-0.39, 0.29) is 5.54 Å². The summed E-state index contributed by atoms with van der Waals surface area (Å²) < 4.78 is 15.9. The van der Waals surface area contributed by atoms with E-state index in [0.717, 1.165) is 26.2 Å². The van der Waals surface area contributed by atoms with E-state index in [1.807, 2.05) is 0 Å². The van der Waals surface area contributed by atoms with Gasteiger partial charge in [-0.15, -0.1) is 0 Å². The summed E-state index contributed by atoms with van der Waals surface area (Å²) in [5, 5.41) is 3.52. The second kappa shape index (κ2) is 8.87. The molecule has 1 N–H and O–H groups in total. The number of methoxy groups -OCH3 is 1. The highest BCUT2D eigenvalue weighted by Crippen LogP contribution is 2.17. The summed E-state index contributed by atoms with van der Waals surface area (Å²) >= 11 is 0. The highest BCUT2D eigenvalue weighted by Gasteiger charge is 2.31. The predicted molar refractivity (Wildman–Crippen MR) is 76.6 cm³/mol. The van der Waals surface area contributed by atoms with Crippen molar-refractivity contribution >= 4 is 0 Å². The van der Waals surface area contributed by atoms with Crippen molar-refractivity contribution in [2.24, 2.45) is 0 Å². The summed E-state index contributed by atoms with van der Waals surface area (Å²) in [6.45, 7) is 13.2. The molecule has 1 aliphatic rings. The molecular weight excluding hydrogens is 244 g/mol. The summed E-state index contributed by atoms with van der Waals surface area (Å²) in [5.74, 6) is 0. The minimum Gasteiger partial charge on any atom is -0.382 e. The fourth-order valence-electron chi connectivity index (χ4n) is 2.21. The van der Waals surface area contributed by atoms with Gasteiger partial charge in [-0.1, -0.05) is 0 Å². The fourth-order valence-corrected chi connectivity index (χ4v) is 2.21. The Labute approximate surface area is 117 Å². The molecule has 1 atom stereocenters. The van der Waals surface area contributed by atoms with E-state index >= 15 is 0 Å². The first kappa shape index (κ1) is 16.9. The summed E-state index contributed by atoms with van der Waals surface area (Å²) in [4.78, 5) is 2.50. The van der Waals surface area contributed by atoms with Gasteiger partial charge >= 0.3 is 0 Å². The fraction of sp³-hybridized carbons (Fsp3) is 1.00. The SMILES string of the molecule is COCCOCCOCCN1CC(C)NCC1(C)C. The van der Waals surface area contributed by atoms with Crippen molar-refractivity contribution in [2.45, 2.75) is 32.4 Å². The topological polar surface area (TPSA) is 43.0 Å². The molecule has 1 unspecified atom stereocenters. The minimum atomic E-state index is 0.213. The summed E-state index contributed by atoms with van der Waals surface area (Å²) in [6, 6.07) is 0.561. The second-order valence-electron chi connectivity index (χ2n) is 5.76. The van der Waals surface area contributed by atoms with Gasteiger partial charge in [-0.3, -0.25) is 4.90 Å². The van der Waals surface area contributed by atoms with Gasteiger partial charge in [-0.05, 0) is 20.8 Å². The molecular formula is C14H30N2O3. The second-order valence-corrected chi connectivity index (χ2v) is 5.76. The van der Waals surface area contributed by atoms with Crippen molar-refractivity contribution in [3.05, 3.63) is 0 Å². The molecule has 1 heterocycles. The van der Waals surface area contributed by atoms with Crippen molar-refractivity contribution in [1.29, 1.82) is 0 Å². The number of piperazine rings is 1. The normalized spacial score (nSPS) is 23.7. The minimum absolute atomic E-state index is 0.213. The molecule has 0 saturated carbocycles. The molecule has 0 spiro atoms. The number of ether oxygens (including phenoxy) is 3. The third-order valence-corrected chi connectivity index (χ3v) is 3.54. The molecule has 0 aliphatic carbocycles. The van der Waals surface area contributed by atoms with Crippen LogP contribution >= 0.6 is 0 Å². The highest BCUT2D eigenvalue weighted by molar-refractivity contribution is 4.91. The molecule has 5 heteroatoms. The van der Waals surface area contributed by atoms with E-state index in [9.17, 15) is 0 Å². The van der Waals surface area contributed by atoms with Gasteiger partial charge in [0.15, 0.2) is 0 Å². The zero-order chi connectivity index (χ0) is 14.1. The number of nitrogens with zero attached hydrogens (tertiary/aromatic N) is 1. The van der Waals surface area contributed by atoms with Crippen LogP contribution in [0.5, 0.6) is 0 Å². The van der Waals surface area contributed by atoms with Crippen LogP contribution in [-0.4, -0.2) is 76.3 Å². The van der Waals surface area contributed by atoms with Crippen molar-refractivity contribution in [3.8, 4) is 0 Å². The Morgan fingerprint density at radius 1 is 1.11 bits per heavy atom. The Hall–Kier alpha value is -0.200. The Bertz CT molecular complexity index is 237. The van der Waals surface area contributed by atoms with Crippen molar-refractivity contribution < 1.29 is 14.2 Å². The van der Waals surface area contributed by atoms with Crippen LogP contribution in [0.15, 0.2) is 0 Å². The Morgan fingerprint density at radius 3 is 2.42 bits per heavy atom. The molecule has 1 saturated heterocycles. The lowest BCUT2D eigenvalue weighted by Gasteiger charge is -2.45. The number of nitrogens with one attached hydrogen (secondary N) is 1. The van der Waals surface area contributed by atoms with Gasteiger partial charge in [0.1, 0.15) is 0 Å². The first-order valence-electron chi connectivity index (χ1n) is 7.19. The van der Waals surface area contributed by atoms with Gasteiger partial charge in [0.2, 0.25) is 0 Å². The first-order valence-corrected chi connectivity index (χ1v) is 7.19. The zero-order valence-electron chi connectivity index (χ0n) is 12.9. The van der Waals surface area contributed by atoms with E-state index in [0.29, 0.717) is 32.5 Å². The Morgan fingerprint density at radius 2 is 1.74 bits per heavy atom. The number of hydrogen-bond acceptors (Lipinski definition) is 5. The Balaban J connectivity index is 2.04. The smallest absolute Gasteiger partial charge is 0.0701 e. The Kier molecular flexibility index (Phi) is 7.87. The van der Waals surface area contributed by atoms with Crippen molar-refractivity contribution in [1.82, 2.24) is 10.2 Å². The quantitative estimate of drug-likeness (QED) is 0.628. The summed E-state index contributed by atoms with van der Waals surface area (Å²) in [6.07, 6.45) is 0. The maximum atomic E-state index is 5.62. The third-order valence-electron chi connectivity index (χ3n) is 3.54. The zero-order valence-corrected chi connectivity index (χ0v) is 12.9. The molecule has 0 radical (unpaired) electrons. The van der Waals surface area contributed by atoms with Crippen LogP contribution in [-0.2, 0) is 14.2 Å². The first-order chi connectivity index (χ1) is 9.06. The van der Waals surface area contributed by atoms with E-state index in [1.54, 1.807) is 7.11 Å².